The van der Waals surface area contributed by atoms with Gasteiger partial charge in [0.25, 0.3) is 0 Å². The smallest absolute Gasteiger partial charge is 0.142 e. The molecule has 0 fully saturated rings. The number of ether oxygens (including phenoxy) is 1. The maximum Gasteiger partial charge on any atom is 0.142 e. The molecule has 1 aliphatic rings. The Kier molecular flexibility index (Phi) is 3.53. The molecule has 0 unspecified atom stereocenters. The lowest BCUT2D eigenvalue weighted by Gasteiger charge is -2.19. The molecule has 118 valence electrons. The lowest BCUT2D eigenvalue weighted by Crippen LogP contribution is -2.17. The third kappa shape index (κ3) is 2.70. The maximum atomic E-state index is 5.62. The highest BCUT2D eigenvalue weighted by molar-refractivity contribution is 7.10. The van der Waals surface area contributed by atoms with E-state index in [1.807, 2.05) is 19.9 Å². The Balaban J connectivity index is 1.60. The van der Waals surface area contributed by atoms with Gasteiger partial charge in [-0.1, -0.05) is 5.16 Å². The molecule has 0 spiro atoms. The van der Waals surface area contributed by atoms with Crippen molar-refractivity contribution in [3.8, 4) is 17.0 Å². The summed E-state index contributed by atoms with van der Waals surface area (Å²) in [7, 11) is 0. The molecular formula is C17H17N3O2S. The van der Waals surface area contributed by atoms with E-state index in [0.29, 0.717) is 6.61 Å². The highest BCUT2D eigenvalue weighted by Gasteiger charge is 2.14. The highest BCUT2D eigenvalue weighted by Crippen LogP contribution is 2.33. The van der Waals surface area contributed by atoms with E-state index in [9.17, 15) is 0 Å². The van der Waals surface area contributed by atoms with Gasteiger partial charge in [0.05, 0.1) is 22.1 Å². The normalized spacial score (nSPS) is 13.3. The summed E-state index contributed by atoms with van der Waals surface area (Å²) in [6.07, 6.45) is 0.762. The van der Waals surface area contributed by atoms with Crippen LogP contribution in [-0.4, -0.2) is 23.3 Å². The van der Waals surface area contributed by atoms with Gasteiger partial charge in [0.15, 0.2) is 0 Å². The van der Waals surface area contributed by atoms with E-state index in [1.54, 1.807) is 11.3 Å². The van der Waals surface area contributed by atoms with Gasteiger partial charge in [-0.2, -0.15) is 0 Å². The fourth-order valence-electron chi connectivity index (χ4n) is 2.73. The fourth-order valence-corrected chi connectivity index (χ4v) is 3.55. The van der Waals surface area contributed by atoms with Crippen molar-refractivity contribution in [1.82, 2.24) is 10.1 Å². The van der Waals surface area contributed by atoms with Crippen molar-refractivity contribution in [3.05, 3.63) is 45.6 Å². The summed E-state index contributed by atoms with van der Waals surface area (Å²) in [6.45, 7) is 5.46. The van der Waals surface area contributed by atoms with Crippen LogP contribution in [0.4, 0.5) is 5.69 Å². The van der Waals surface area contributed by atoms with Crippen LogP contribution in [0.15, 0.2) is 28.1 Å². The van der Waals surface area contributed by atoms with Gasteiger partial charge in [-0.25, -0.2) is 4.98 Å². The van der Waals surface area contributed by atoms with Crippen LogP contribution in [0.25, 0.3) is 11.3 Å². The summed E-state index contributed by atoms with van der Waals surface area (Å²) in [4.78, 5) is 4.77. The molecule has 3 heterocycles. The lowest BCUT2D eigenvalue weighted by molar-refractivity contribution is 0.323. The zero-order valence-corrected chi connectivity index (χ0v) is 13.9. The molecule has 0 saturated carbocycles. The van der Waals surface area contributed by atoms with Crippen LogP contribution >= 0.6 is 11.3 Å². The molecule has 0 atom stereocenters. The molecule has 6 heteroatoms. The van der Waals surface area contributed by atoms with E-state index in [2.05, 4.69) is 28.0 Å². The van der Waals surface area contributed by atoms with Crippen molar-refractivity contribution in [2.24, 2.45) is 0 Å². The van der Waals surface area contributed by atoms with Crippen LogP contribution in [0.2, 0.25) is 0 Å². The first-order valence-corrected chi connectivity index (χ1v) is 8.46. The molecule has 4 rings (SSSR count). The molecule has 23 heavy (non-hydrogen) atoms. The Morgan fingerprint density at radius 1 is 1.30 bits per heavy atom. The summed E-state index contributed by atoms with van der Waals surface area (Å²) in [6, 6.07) is 6.16. The number of benzene rings is 1. The van der Waals surface area contributed by atoms with Gasteiger partial charge in [-0.3, -0.25) is 0 Å². The molecule has 3 aromatic rings. The van der Waals surface area contributed by atoms with E-state index in [4.69, 9.17) is 14.2 Å². The molecule has 0 amide bonds. The van der Waals surface area contributed by atoms with Gasteiger partial charge < -0.3 is 14.6 Å². The largest absolute Gasteiger partial charge is 0.490 e. The van der Waals surface area contributed by atoms with Crippen molar-refractivity contribution in [1.29, 1.82) is 0 Å². The summed E-state index contributed by atoms with van der Waals surface area (Å²) >= 11 is 1.67. The number of thiazole rings is 1. The average molecular weight is 327 g/mol. The summed E-state index contributed by atoms with van der Waals surface area (Å²) in [5.74, 6) is 1.78. The number of hydrogen-bond acceptors (Lipinski definition) is 6. The highest BCUT2D eigenvalue weighted by atomic mass is 32.1. The number of fused-ring (bicyclic) bond motifs is 1. The van der Waals surface area contributed by atoms with Crippen LogP contribution < -0.4 is 10.1 Å². The number of aromatic nitrogens is 2. The molecule has 1 N–H and O–H groups in total. The first kappa shape index (κ1) is 14.3. The number of hydrogen-bond donors (Lipinski definition) is 1. The fraction of sp³-hybridized carbons (Fsp3) is 0.294. The SMILES string of the molecule is Cc1noc(C)c1Cc1nc(-c2ccc3c(c2)NCCO3)cs1. The molecule has 0 bridgehead atoms. The summed E-state index contributed by atoms with van der Waals surface area (Å²) < 4.78 is 10.8. The standard InChI is InChI=1S/C17H17N3O2S/c1-10-13(11(2)22-20-10)8-17-19-15(9-23-17)12-3-4-16-14(7-12)18-5-6-21-16/h3-4,7,9,18H,5-6,8H2,1-2H3. The Hall–Kier alpha value is -2.34. The molecular weight excluding hydrogens is 310 g/mol. The van der Waals surface area contributed by atoms with Crippen molar-refractivity contribution >= 4 is 17.0 Å². The third-order valence-electron chi connectivity index (χ3n) is 4.01. The quantitative estimate of drug-likeness (QED) is 0.792. The molecule has 0 radical (unpaired) electrons. The zero-order valence-electron chi connectivity index (χ0n) is 13.0. The van der Waals surface area contributed by atoms with Gasteiger partial charge in [-0.15, -0.1) is 11.3 Å². The van der Waals surface area contributed by atoms with Gasteiger partial charge in [0, 0.05) is 29.5 Å². The van der Waals surface area contributed by atoms with Crippen molar-refractivity contribution in [2.45, 2.75) is 20.3 Å². The van der Waals surface area contributed by atoms with Gasteiger partial charge in [-0.05, 0) is 32.0 Å². The van der Waals surface area contributed by atoms with E-state index in [1.165, 1.54) is 0 Å². The Morgan fingerprint density at radius 3 is 3.04 bits per heavy atom. The van der Waals surface area contributed by atoms with Crippen molar-refractivity contribution in [2.75, 3.05) is 18.5 Å². The minimum absolute atomic E-state index is 0.713. The average Bonchev–Trinajstić information content (AvgIpc) is 3.17. The predicted octanol–water partition coefficient (Wildman–Crippen LogP) is 3.81. The Morgan fingerprint density at radius 2 is 2.22 bits per heavy atom. The number of anilines is 1. The number of rotatable bonds is 3. The maximum absolute atomic E-state index is 5.62. The Labute approximate surface area is 138 Å². The lowest BCUT2D eigenvalue weighted by atomic mass is 10.1. The molecule has 1 aliphatic heterocycles. The van der Waals surface area contributed by atoms with E-state index in [0.717, 1.165) is 57.7 Å². The number of aryl methyl sites for hydroxylation is 2. The zero-order chi connectivity index (χ0) is 15.8. The molecule has 0 saturated heterocycles. The molecule has 2 aromatic heterocycles. The van der Waals surface area contributed by atoms with Crippen molar-refractivity contribution < 1.29 is 9.26 Å². The van der Waals surface area contributed by atoms with Gasteiger partial charge in [0.2, 0.25) is 0 Å². The Bertz CT molecular complexity index is 834. The number of nitrogens with zero attached hydrogens (tertiary/aromatic N) is 2. The topological polar surface area (TPSA) is 60.2 Å². The van der Waals surface area contributed by atoms with Crippen LogP contribution in [-0.2, 0) is 6.42 Å². The molecule has 0 aliphatic carbocycles. The second kappa shape index (κ2) is 5.70. The van der Waals surface area contributed by atoms with E-state index >= 15 is 0 Å². The summed E-state index contributed by atoms with van der Waals surface area (Å²) in [5.41, 5.74) is 5.20. The minimum Gasteiger partial charge on any atom is -0.490 e. The first-order valence-electron chi connectivity index (χ1n) is 7.58. The number of nitrogens with one attached hydrogen (secondary N) is 1. The monoisotopic (exact) mass is 327 g/mol. The van der Waals surface area contributed by atoms with E-state index < -0.39 is 0 Å². The second-order valence-corrected chi connectivity index (χ2v) is 6.53. The van der Waals surface area contributed by atoms with Gasteiger partial charge in [0.1, 0.15) is 18.1 Å². The molecule has 5 nitrogen and oxygen atoms in total. The second-order valence-electron chi connectivity index (χ2n) is 5.59. The van der Waals surface area contributed by atoms with E-state index in [-0.39, 0.29) is 0 Å². The minimum atomic E-state index is 0.713. The van der Waals surface area contributed by atoms with Crippen LogP contribution in [0, 0.1) is 13.8 Å². The van der Waals surface area contributed by atoms with Crippen LogP contribution in [0.5, 0.6) is 5.75 Å². The van der Waals surface area contributed by atoms with Gasteiger partial charge >= 0.3 is 0 Å². The molecule has 1 aromatic carbocycles. The summed E-state index contributed by atoms with van der Waals surface area (Å²) in [5, 5.41) is 10.5. The van der Waals surface area contributed by atoms with Crippen LogP contribution in [0.1, 0.15) is 22.0 Å². The predicted molar refractivity (Wildman–Crippen MR) is 90.3 cm³/mol. The third-order valence-corrected chi connectivity index (χ3v) is 4.86. The first-order chi connectivity index (χ1) is 11.2. The van der Waals surface area contributed by atoms with Crippen molar-refractivity contribution in [3.63, 3.8) is 0 Å². The van der Waals surface area contributed by atoms with Crippen LogP contribution in [0.3, 0.4) is 0 Å².